The molecule has 0 radical (unpaired) electrons. The van der Waals surface area contributed by atoms with E-state index in [4.69, 9.17) is 27.9 Å². The molecule has 3 aromatic carbocycles. The van der Waals surface area contributed by atoms with Gasteiger partial charge in [0.15, 0.2) is 0 Å². The third-order valence-corrected chi connectivity index (χ3v) is 9.33. The summed E-state index contributed by atoms with van der Waals surface area (Å²) in [6.07, 6.45) is -9.80. The molecule has 0 amide bonds. The largest absolute Gasteiger partial charge is 0.488 e. The van der Waals surface area contributed by atoms with Crippen LogP contribution in [0.15, 0.2) is 69.3 Å². The summed E-state index contributed by atoms with van der Waals surface area (Å²) in [5.74, 6) is -0.589. The molecule has 40 heavy (non-hydrogen) atoms. The molecule has 0 saturated carbocycles. The molecule has 1 atom stereocenters. The van der Waals surface area contributed by atoms with E-state index in [-0.39, 0.29) is 25.5 Å². The maximum Gasteiger partial charge on any atom is 0.419 e. The fraction of sp³-hybridized carbons (Fsp3) is 0.280. The molecule has 1 heterocycles. The summed E-state index contributed by atoms with van der Waals surface area (Å²) in [6, 6.07) is 9.17. The normalized spacial score (nSPS) is 16.8. The highest BCUT2D eigenvalue weighted by Crippen LogP contribution is 2.44. The standard InChI is InChI=1S/C25H20Cl2F6N2O3S2/c1-35-10-9-15(13-35)38-20-11-14(5-7-17(20)24(28,29)30)34-40(36,37)16-6-8-21(18(12-16)25(31,32)33)39-22-4-2-3-19(26)23(22)27/h2-8,11-12,15,34H,9-10,13H2,1H3/t15-/m1/s1. The summed E-state index contributed by atoms with van der Waals surface area (Å²) in [7, 11) is -2.87. The van der Waals surface area contributed by atoms with Crippen LogP contribution in [0.3, 0.4) is 0 Å². The van der Waals surface area contributed by atoms with E-state index in [0.717, 1.165) is 24.3 Å². The summed E-state index contributed by atoms with van der Waals surface area (Å²) >= 11 is 12.7. The van der Waals surface area contributed by atoms with Crippen molar-refractivity contribution < 1.29 is 39.5 Å². The number of nitrogens with zero attached hydrogens (tertiary/aromatic N) is 1. The summed E-state index contributed by atoms with van der Waals surface area (Å²) in [5, 5.41) is 0.161. The monoisotopic (exact) mass is 644 g/mol. The van der Waals surface area contributed by atoms with Gasteiger partial charge in [-0.1, -0.05) is 41.0 Å². The van der Waals surface area contributed by atoms with Crippen molar-refractivity contribution in [2.45, 2.75) is 39.6 Å². The number of nitrogens with one attached hydrogen (secondary N) is 1. The molecule has 0 unspecified atom stereocenters. The van der Waals surface area contributed by atoms with Gasteiger partial charge in [-0.05, 0) is 55.9 Å². The lowest BCUT2D eigenvalue weighted by atomic mass is 10.1. The fourth-order valence-corrected chi connectivity index (χ4v) is 6.52. The van der Waals surface area contributed by atoms with Crippen molar-refractivity contribution in [3.63, 3.8) is 0 Å². The van der Waals surface area contributed by atoms with Gasteiger partial charge in [-0.15, -0.1) is 0 Å². The summed E-state index contributed by atoms with van der Waals surface area (Å²) < 4.78 is 116. The van der Waals surface area contributed by atoms with Crippen molar-refractivity contribution in [3.8, 4) is 5.75 Å². The van der Waals surface area contributed by atoms with Crippen LogP contribution in [0.25, 0.3) is 0 Å². The lowest BCUT2D eigenvalue weighted by molar-refractivity contribution is -0.140. The molecule has 5 nitrogen and oxygen atoms in total. The van der Waals surface area contributed by atoms with Crippen LogP contribution in [0.1, 0.15) is 17.5 Å². The topological polar surface area (TPSA) is 58.6 Å². The number of alkyl halides is 6. The molecule has 4 rings (SSSR count). The van der Waals surface area contributed by atoms with Crippen LogP contribution in [0, 0.1) is 0 Å². The molecule has 15 heteroatoms. The number of hydrogen-bond acceptors (Lipinski definition) is 5. The second-order valence-corrected chi connectivity index (χ2v) is 12.5. The Balaban J connectivity index is 1.66. The van der Waals surface area contributed by atoms with E-state index in [1.165, 1.54) is 18.2 Å². The van der Waals surface area contributed by atoms with E-state index in [2.05, 4.69) is 4.72 Å². The first-order valence-corrected chi connectivity index (χ1v) is 14.5. The maximum absolute atomic E-state index is 13.9. The minimum atomic E-state index is -4.94. The summed E-state index contributed by atoms with van der Waals surface area (Å²) in [6.45, 7) is 0.982. The zero-order valence-corrected chi connectivity index (χ0v) is 23.6. The van der Waals surface area contributed by atoms with Crippen molar-refractivity contribution in [1.29, 1.82) is 0 Å². The molecular weight excluding hydrogens is 625 g/mol. The minimum Gasteiger partial charge on any atom is -0.488 e. The molecule has 3 aromatic rings. The Hall–Kier alpha value is -2.32. The number of likely N-dealkylation sites (tertiary alicyclic amines) is 1. The van der Waals surface area contributed by atoms with E-state index >= 15 is 0 Å². The van der Waals surface area contributed by atoms with Crippen molar-refractivity contribution in [2.75, 3.05) is 24.9 Å². The number of benzene rings is 3. The van der Waals surface area contributed by atoms with Gasteiger partial charge in [0.1, 0.15) is 11.9 Å². The van der Waals surface area contributed by atoms with Gasteiger partial charge in [0.05, 0.1) is 31.8 Å². The Morgan fingerprint density at radius 3 is 2.27 bits per heavy atom. The lowest BCUT2D eigenvalue weighted by Gasteiger charge is -2.20. The molecule has 1 N–H and O–H groups in total. The zero-order chi connectivity index (χ0) is 29.5. The van der Waals surface area contributed by atoms with Crippen molar-refractivity contribution in [2.24, 2.45) is 0 Å². The van der Waals surface area contributed by atoms with Gasteiger partial charge in [-0.3, -0.25) is 4.72 Å². The van der Waals surface area contributed by atoms with Crippen LogP contribution in [-0.2, 0) is 22.4 Å². The first-order chi connectivity index (χ1) is 18.5. The van der Waals surface area contributed by atoms with E-state index < -0.39 is 50.3 Å². The number of anilines is 1. The Kier molecular flexibility index (Phi) is 8.82. The Labute approximate surface area is 240 Å². The van der Waals surface area contributed by atoms with Gasteiger partial charge in [0.25, 0.3) is 10.0 Å². The van der Waals surface area contributed by atoms with E-state index in [1.54, 1.807) is 7.05 Å². The number of halogens is 8. The molecule has 216 valence electrons. The molecule has 0 aliphatic carbocycles. The smallest absolute Gasteiger partial charge is 0.419 e. The average Bonchev–Trinajstić information content (AvgIpc) is 3.25. The van der Waals surface area contributed by atoms with E-state index in [0.29, 0.717) is 43.4 Å². The maximum atomic E-state index is 13.9. The van der Waals surface area contributed by atoms with Crippen LogP contribution in [0.2, 0.25) is 10.0 Å². The number of hydrogen-bond donors (Lipinski definition) is 1. The minimum absolute atomic E-state index is 0.0326. The number of ether oxygens (including phenoxy) is 1. The molecular formula is C25H20Cl2F6N2O3S2. The van der Waals surface area contributed by atoms with Gasteiger partial charge < -0.3 is 9.64 Å². The van der Waals surface area contributed by atoms with Crippen molar-refractivity contribution >= 4 is 50.7 Å². The highest BCUT2D eigenvalue weighted by atomic mass is 35.5. The molecule has 1 fully saturated rings. The van der Waals surface area contributed by atoms with Crippen LogP contribution in [0.5, 0.6) is 5.75 Å². The Morgan fingerprint density at radius 1 is 0.950 bits per heavy atom. The van der Waals surface area contributed by atoms with E-state index in [9.17, 15) is 34.8 Å². The molecule has 1 saturated heterocycles. The molecule has 1 aliphatic rings. The predicted molar refractivity (Wildman–Crippen MR) is 141 cm³/mol. The first kappa shape index (κ1) is 30.6. The highest BCUT2D eigenvalue weighted by Gasteiger charge is 2.37. The average molecular weight is 645 g/mol. The molecule has 1 aliphatic heterocycles. The Bertz CT molecular complexity index is 1520. The summed E-state index contributed by atoms with van der Waals surface area (Å²) in [4.78, 5) is 1.01. The van der Waals surface area contributed by atoms with Gasteiger partial charge >= 0.3 is 12.4 Å². The second kappa shape index (κ2) is 11.5. The molecule has 0 spiro atoms. The first-order valence-electron chi connectivity index (χ1n) is 11.5. The fourth-order valence-electron chi connectivity index (χ4n) is 3.97. The molecule has 0 bridgehead atoms. The van der Waals surface area contributed by atoms with Gasteiger partial charge in [0, 0.05) is 28.9 Å². The number of rotatable bonds is 7. The van der Waals surface area contributed by atoms with Gasteiger partial charge in [-0.25, -0.2) is 8.42 Å². The predicted octanol–water partition coefficient (Wildman–Crippen LogP) is 8.07. The quantitative estimate of drug-likeness (QED) is 0.264. The third kappa shape index (κ3) is 7.11. The zero-order valence-electron chi connectivity index (χ0n) is 20.4. The SMILES string of the molecule is CN1CC[C@@H](Oc2cc(NS(=O)(=O)c3ccc(Sc4cccc(Cl)c4Cl)c(C(F)(F)F)c3)ccc2C(F)(F)F)C1. The van der Waals surface area contributed by atoms with Crippen molar-refractivity contribution in [1.82, 2.24) is 4.90 Å². The van der Waals surface area contributed by atoms with Crippen molar-refractivity contribution in [3.05, 3.63) is 75.8 Å². The summed E-state index contributed by atoms with van der Waals surface area (Å²) in [5.41, 5.74) is -2.67. The van der Waals surface area contributed by atoms with Crippen LogP contribution in [-0.4, -0.2) is 39.6 Å². The van der Waals surface area contributed by atoms with Crippen LogP contribution < -0.4 is 9.46 Å². The van der Waals surface area contributed by atoms with Gasteiger partial charge in [-0.2, -0.15) is 26.3 Å². The second-order valence-electron chi connectivity index (χ2n) is 8.91. The molecule has 0 aromatic heterocycles. The third-order valence-electron chi connectivity index (χ3n) is 5.88. The lowest BCUT2D eigenvalue weighted by Crippen LogP contribution is -2.23. The van der Waals surface area contributed by atoms with E-state index in [1.807, 2.05) is 4.90 Å². The number of sulfonamides is 1. The number of likely N-dealkylation sites (N-methyl/N-ethyl adjacent to an activating group) is 1. The highest BCUT2D eigenvalue weighted by molar-refractivity contribution is 7.99. The van der Waals surface area contributed by atoms with Gasteiger partial charge in [0.2, 0.25) is 0 Å². The Morgan fingerprint density at radius 2 is 1.65 bits per heavy atom. The van der Waals surface area contributed by atoms with Crippen LogP contribution >= 0.6 is 35.0 Å². The van der Waals surface area contributed by atoms with Crippen LogP contribution in [0.4, 0.5) is 32.0 Å².